The van der Waals surface area contributed by atoms with E-state index in [1.165, 1.54) is 0 Å². The smallest absolute Gasteiger partial charge is 0.439 e. The Bertz CT molecular complexity index is 1740. The van der Waals surface area contributed by atoms with Gasteiger partial charge in [-0.15, -0.1) is 0 Å². The Morgan fingerprint density at radius 1 is 0.925 bits per heavy atom. The Morgan fingerprint density at radius 3 is 2.42 bits per heavy atom. The molecule has 9 heteroatoms. The van der Waals surface area contributed by atoms with Crippen molar-refractivity contribution in [1.29, 1.82) is 0 Å². The molecule has 2 heterocycles. The number of H-pyrrole nitrogens is 1. The molecule has 204 valence electrons. The molecule has 0 amide bonds. The van der Waals surface area contributed by atoms with Crippen LogP contribution in [0.2, 0.25) is 0 Å². The average Bonchev–Trinajstić information content (AvgIpc) is 3.43. The Balaban J connectivity index is 1.60. The van der Waals surface area contributed by atoms with E-state index in [-0.39, 0.29) is 17.9 Å². The number of aryl methyl sites for hydroxylation is 2. The van der Waals surface area contributed by atoms with Crippen molar-refractivity contribution in [2.24, 2.45) is 0 Å². The molecule has 0 aliphatic rings. The third kappa shape index (κ3) is 5.58. The van der Waals surface area contributed by atoms with Gasteiger partial charge in [0.05, 0.1) is 19.3 Å². The molecule has 0 saturated carbocycles. The lowest BCUT2D eigenvalue weighted by Crippen LogP contribution is -2.28. The van der Waals surface area contributed by atoms with Gasteiger partial charge in [-0.2, -0.15) is 0 Å². The number of hydrogen-bond donors (Lipinski definition) is 1. The molecule has 1 N–H and O–H groups in total. The molecule has 0 aliphatic heterocycles. The van der Waals surface area contributed by atoms with Crippen LogP contribution in [0.5, 0.6) is 17.2 Å². The van der Waals surface area contributed by atoms with Gasteiger partial charge in [-0.3, -0.25) is 18.9 Å². The first-order valence-corrected chi connectivity index (χ1v) is 13.2. The summed E-state index contributed by atoms with van der Waals surface area (Å²) in [7, 11) is 1.58. The van der Waals surface area contributed by atoms with E-state index in [0.29, 0.717) is 47.2 Å². The quantitative estimate of drug-likeness (QED) is 0.246. The highest BCUT2D eigenvalue weighted by Gasteiger charge is 2.19. The number of methoxy groups -OCH3 is 1. The number of aromatic amines is 1. The molecule has 0 saturated heterocycles. The Morgan fingerprint density at radius 2 is 1.73 bits per heavy atom. The van der Waals surface area contributed by atoms with Crippen molar-refractivity contribution in [2.45, 2.75) is 39.7 Å². The second-order valence-corrected chi connectivity index (χ2v) is 9.27. The molecular formula is C31H30N4O5. The van der Waals surface area contributed by atoms with Crippen LogP contribution >= 0.6 is 0 Å². The number of hydrogen-bond acceptors (Lipinski definition) is 7. The summed E-state index contributed by atoms with van der Waals surface area (Å²) in [6.45, 7) is 4.26. The summed E-state index contributed by atoms with van der Waals surface area (Å²) in [5, 5.41) is 3.93. The molecule has 0 radical (unpaired) electrons. The van der Waals surface area contributed by atoms with E-state index >= 15 is 0 Å². The highest BCUT2D eigenvalue weighted by molar-refractivity contribution is 5.80. The van der Waals surface area contributed by atoms with Crippen molar-refractivity contribution in [3.05, 3.63) is 111 Å². The van der Waals surface area contributed by atoms with E-state index in [1.807, 2.05) is 61.5 Å². The number of nitrogens with zero attached hydrogens (tertiary/aromatic N) is 3. The standard InChI is InChI=1S/C31H30N4O5/c1-4-10-27-32-26(5-2)28(39-23-14-9-13-22(18-23)38-3)30(36)35(27)19-20-15-16-24(21-11-7-6-8-12-21)25(17-20)29-33-31(37)40-34-29/h6-9,11-18H,4-5,10,19H2,1-3H3,(H,33,34,37). The highest BCUT2D eigenvalue weighted by Crippen LogP contribution is 2.31. The van der Waals surface area contributed by atoms with Gasteiger partial charge in [0.25, 0.3) is 5.56 Å². The summed E-state index contributed by atoms with van der Waals surface area (Å²) in [6.07, 6.45) is 2.00. The number of nitrogens with one attached hydrogen (secondary N) is 1. The molecule has 5 rings (SSSR count). The van der Waals surface area contributed by atoms with Gasteiger partial charge in [-0.05, 0) is 47.7 Å². The third-order valence-electron chi connectivity index (χ3n) is 6.55. The van der Waals surface area contributed by atoms with Gasteiger partial charge in [-0.25, -0.2) is 9.78 Å². The second kappa shape index (κ2) is 11.9. The molecule has 0 atom stereocenters. The zero-order chi connectivity index (χ0) is 28.1. The zero-order valence-corrected chi connectivity index (χ0v) is 22.6. The van der Waals surface area contributed by atoms with Gasteiger partial charge in [0.2, 0.25) is 5.75 Å². The van der Waals surface area contributed by atoms with Crippen LogP contribution in [0.1, 0.15) is 37.4 Å². The van der Waals surface area contributed by atoms with E-state index in [2.05, 4.69) is 17.1 Å². The lowest BCUT2D eigenvalue weighted by molar-refractivity contribution is 0.388. The maximum atomic E-state index is 13.9. The van der Waals surface area contributed by atoms with Gasteiger partial charge in [-0.1, -0.05) is 67.5 Å². The summed E-state index contributed by atoms with van der Waals surface area (Å²) in [4.78, 5) is 33.2. The average molecular weight is 539 g/mol. The van der Waals surface area contributed by atoms with Crippen molar-refractivity contribution >= 4 is 0 Å². The van der Waals surface area contributed by atoms with Crippen LogP contribution in [0, 0.1) is 0 Å². The molecule has 0 unspecified atom stereocenters. The van der Waals surface area contributed by atoms with E-state index in [4.69, 9.17) is 19.0 Å². The molecule has 0 fully saturated rings. The van der Waals surface area contributed by atoms with Crippen LogP contribution in [0.25, 0.3) is 22.5 Å². The summed E-state index contributed by atoms with van der Waals surface area (Å²) < 4.78 is 17.9. The normalized spacial score (nSPS) is 11.0. The number of aromatic nitrogens is 4. The van der Waals surface area contributed by atoms with Crippen LogP contribution in [0.3, 0.4) is 0 Å². The minimum atomic E-state index is -0.639. The van der Waals surface area contributed by atoms with Gasteiger partial charge in [0.15, 0.2) is 5.82 Å². The summed E-state index contributed by atoms with van der Waals surface area (Å²) in [5.74, 6) is 1.67. The van der Waals surface area contributed by atoms with Crippen molar-refractivity contribution in [1.82, 2.24) is 19.7 Å². The molecule has 40 heavy (non-hydrogen) atoms. The van der Waals surface area contributed by atoms with Gasteiger partial charge >= 0.3 is 5.76 Å². The van der Waals surface area contributed by atoms with Crippen LogP contribution in [0.4, 0.5) is 0 Å². The first-order chi connectivity index (χ1) is 19.5. The predicted octanol–water partition coefficient (Wildman–Crippen LogP) is 5.62. The first kappa shape index (κ1) is 26.7. The van der Waals surface area contributed by atoms with Crippen LogP contribution in [-0.4, -0.2) is 26.8 Å². The zero-order valence-electron chi connectivity index (χ0n) is 22.6. The fraction of sp³-hybridized carbons (Fsp3) is 0.226. The molecule has 2 aromatic heterocycles. The van der Waals surface area contributed by atoms with Crippen molar-refractivity contribution in [2.75, 3.05) is 7.11 Å². The van der Waals surface area contributed by atoms with Crippen molar-refractivity contribution in [3.63, 3.8) is 0 Å². The topological polar surface area (TPSA) is 112 Å². The SMILES string of the molecule is CCCc1nc(CC)c(Oc2cccc(OC)c2)c(=O)n1Cc1ccc(-c2ccccc2)c(-c2noc(=O)[nH]2)c1. The second-order valence-electron chi connectivity index (χ2n) is 9.27. The highest BCUT2D eigenvalue weighted by atomic mass is 16.5. The summed E-state index contributed by atoms with van der Waals surface area (Å²) in [5.41, 5.74) is 3.69. The van der Waals surface area contributed by atoms with Gasteiger partial charge in [0.1, 0.15) is 17.3 Å². The van der Waals surface area contributed by atoms with E-state index in [0.717, 1.165) is 23.1 Å². The van der Waals surface area contributed by atoms with Crippen molar-refractivity contribution in [3.8, 4) is 39.8 Å². The fourth-order valence-corrected chi connectivity index (χ4v) is 4.62. The van der Waals surface area contributed by atoms with Gasteiger partial charge < -0.3 is 9.47 Å². The van der Waals surface area contributed by atoms with E-state index in [1.54, 1.807) is 29.9 Å². The molecule has 3 aromatic carbocycles. The fourth-order valence-electron chi connectivity index (χ4n) is 4.62. The van der Waals surface area contributed by atoms with Crippen LogP contribution in [-0.2, 0) is 19.4 Å². The molecule has 0 aliphatic carbocycles. The Labute approximate surface area is 231 Å². The molecule has 0 spiro atoms. The molecular weight excluding hydrogens is 508 g/mol. The Hall–Kier alpha value is -4.92. The van der Waals surface area contributed by atoms with Crippen molar-refractivity contribution < 1.29 is 14.0 Å². The minimum absolute atomic E-state index is 0.192. The van der Waals surface area contributed by atoms with Gasteiger partial charge in [0, 0.05) is 18.1 Å². The Kier molecular flexibility index (Phi) is 7.91. The van der Waals surface area contributed by atoms with Crippen LogP contribution < -0.4 is 20.8 Å². The lowest BCUT2D eigenvalue weighted by Gasteiger charge is -2.18. The lowest BCUT2D eigenvalue weighted by atomic mass is 9.97. The molecule has 5 aromatic rings. The maximum absolute atomic E-state index is 13.9. The molecule has 0 bridgehead atoms. The number of benzene rings is 3. The summed E-state index contributed by atoms with van der Waals surface area (Å²) in [6, 6.07) is 22.8. The largest absolute Gasteiger partial charge is 0.497 e. The minimum Gasteiger partial charge on any atom is -0.497 e. The monoisotopic (exact) mass is 538 g/mol. The number of ether oxygens (including phenoxy) is 2. The third-order valence-corrected chi connectivity index (χ3v) is 6.55. The van der Waals surface area contributed by atoms with E-state index < -0.39 is 5.76 Å². The predicted molar refractivity (Wildman–Crippen MR) is 152 cm³/mol. The summed E-state index contributed by atoms with van der Waals surface area (Å²) >= 11 is 0. The first-order valence-electron chi connectivity index (χ1n) is 13.2. The molecule has 9 nitrogen and oxygen atoms in total. The van der Waals surface area contributed by atoms with Crippen LogP contribution in [0.15, 0.2) is 86.9 Å². The maximum Gasteiger partial charge on any atom is 0.439 e. The number of rotatable bonds is 10. The van der Waals surface area contributed by atoms with E-state index in [9.17, 15) is 9.59 Å².